The van der Waals surface area contributed by atoms with Gasteiger partial charge in [-0.2, -0.15) is 0 Å². The summed E-state index contributed by atoms with van der Waals surface area (Å²) in [5.74, 6) is 0.640. The monoisotopic (exact) mass is 351 g/mol. The van der Waals surface area contributed by atoms with E-state index in [1.54, 1.807) is 24.5 Å². The minimum absolute atomic E-state index is 0.0874. The number of benzene rings is 1. The summed E-state index contributed by atoms with van der Waals surface area (Å²) in [6.07, 6.45) is 6.87. The molecule has 0 spiro atoms. The lowest BCUT2D eigenvalue weighted by Crippen LogP contribution is -2.42. The normalized spacial score (nSPS) is 17.8. The molecule has 1 aromatic carbocycles. The molecular formula is C22H29N3O. The first kappa shape index (κ1) is 18.6. The van der Waals surface area contributed by atoms with Crippen molar-refractivity contribution in [3.8, 4) is 0 Å². The van der Waals surface area contributed by atoms with Gasteiger partial charge in [0.2, 0.25) is 0 Å². The van der Waals surface area contributed by atoms with E-state index in [9.17, 15) is 4.79 Å². The number of rotatable bonds is 6. The molecule has 0 unspecified atom stereocenters. The highest BCUT2D eigenvalue weighted by Crippen LogP contribution is 2.19. The van der Waals surface area contributed by atoms with E-state index in [0.29, 0.717) is 5.92 Å². The molecule has 1 amide bonds. The van der Waals surface area contributed by atoms with Crippen molar-refractivity contribution < 1.29 is 4.79 Å². The van der Waals surface area contributed by atoms with Crippen LogP contribution >= 0.6 is 0 Å². The molecule has 1 aliphatic heterocycles. The van der Waals surface area contributed by atoms with Gasteiger partial charge in [0.15, 0.2) is 0 Å². The number of piperidine rings is 1. The summed E-state index contributed by atoms with van der Waals surface area (Å²) in [6.45, 7) is 6.36. The highest BCUT2D eigenvalue weighted by atomic mass is 16.2. The molecule has 2 heterocycles. The number of likely N-dealkylation sites (tertiary alicyclic amines) is 1. The predicted molar refractivity (Wildman–Crippen MR) is 105 cm³/mol. The molecule has 3 rings (SSSR count). The lowest BCUT2D eigenvalue weighted by Gasteiger charge is -2.34. The fourth-order valence-corrected chi connectivity index (χ4v) is 3.86. The van der Waals surface area contributed by atoms with E-state index in [2.05, 4.69) is 41.1 Å². The molecule has 1 atom stereocenters. The van der Waals surface area contributed by atoms with Gasteiger partial charge in [-0.3, -0.25) is 9.78 Å². The van der Waals surface area contributed by atoms with Crippen molar-refractivity contribution in [3.05, 3.63) is 65.5 Å². The Labute approximate surface area is 156 Å². The molecule has 4 heteroatoms. The van der Waals surface area contributed by atoms with E-state index in [1.165, 1.54) is 30.5 Å². The number of carbonyl (C=O) groups excluding carboxylic acids is 1. The van der Waals surface area contributed by atoms with Crippen LogP contribution in [0.15, 0.2) is 48.8 Å². The zero-order valence-corrected chi connectivity index (χ0v) is 15.9. The van der Waals surface area contributed by atoms with Gasteiger partial charge in [0, 0.05) is 44.6 Å². The zero-order chi connectivity index (χ0) is 18.4. The molecule has 1 aromatic heterocycles. The fraction of sp³-hybridized carbons (Fsp3) is 0.455. The summed E-state index contributed by atoms with van der Waals surface area (Å²) >= 11 is 0. The van der Waals surface area contributed by atoms with Crippen molar-refractivity contribution in [3.63, 3.8) is 0 Å². The molecule has 2 aromatic rings. The van der Waals surface area contributed by atoms with Crippen LogP contribution in [0.1, 0.15) is 34.3 Å². The number of hydrogen-bond acceptors (Lipinski definition) is 3. The molecule has 0 bridgehead atoms. The van der Waals surface area contributed by atoms with E-state index in [1.807, 2.05) is 11.9 Å². The van der Waals surface area contributed by atoms with E-state index < -0.39 is 0 Å². The Morgan fingerprint density at radius 1 is 1.23 bits per heavy atom. The number of pyridine rings is 1. The number of carbonyl (C=O) groups is 1. The van der Waals surface area contributed by atoms with Crippen LogP contribution < -0.4 is 0 Å². The van der Waals surface area contributed by atoms with Crippen molar-refractivity contribution in [2.75, 3.05) is 33.2 Å². The second-order valence-corrected chi connectivity index (χ2v) is 7.41. The Morgan fingerprint density at radius 2 is 2.00 bits per heavy atom. The first-order valence-corrected chi connectivity index (χ1v) is 9.56. The van der Waals surface area contributed by atoms with Crippen LogP contribution in [0.5, 0.6) is 0 Å². The molecule has 0 radical (unpaired) electrons. The first-order valence-electron chi connectivity index (χ1n) is 9.56. The Kier molecular flexibility index (Phi) is 6.40. The number of nitrogens with zero attached hydrogens (tertiary/aromatic N) is 3. The van der Waals surface area contributed by atoms with E-state index in [-0.39, 0.29) is 5.91 Å². The van der Waals surface area contributed by atoms with Gasteiger partial charge >= 0.3 is 0 Å². The second kappa shape index (κ2) is 8.95. The molecule has 1 aliphatic rings. The van der Waals surface area contributed by atoms with Crippen LogP contribution in [0, 0.1) is 12.8 Å². The summed E-state index contributed by atoms with van der Waals surface area (Å²) in [4.78, 5) is 20.9. The molecule has 0 N–H and O–H groups in total. The topological polar surface area (TPSA) is 36.4 Å². The van der Waals surface area contributed by atoms with Gasteiger partial charge in [-0.15, -0.1) is 0 Å². The maximum Gasteiger partial charge on any atom is 0.253 e. The molecule has 0 saturated carbocycles. The van der Waals surface area contributed by atoms with Crippen molar-refractivity contribution in [2.45, 2.75) is 26.2 Å². The highest BCUT2D eigenvalue weighted by Gasteiger charge is 2.23. The van der Waals surface area contributed by atoms with Crippen LogP contribution in [0.3, 0.4) is 0 Å². The summed E-state index contributed by atoms with van der Waals surface area (Å²) in [7, 11) is 1.91. The molecule has 26 heavy (non-hydrogen) atoms. The molecule has 1 fully saturated rings. The van der Waals surface area contributed by atoms with Gasteiger partial charge in [-0.25, -0.2) is 0 Å². The third kappa shape index (κ3) is 4.92. The standard InChI is InChI=1S/C22H29N3O/c1-18-6-3-4-8-20(18)11-15-25-14-5-7-19(17-25)16-24(2)22(26)21-9-12-23-13-10-21/h3-4,6,8-10,12-13,19H,5,7,11,14-17H2,1-2H3/t19-/m1/s1. The molecule has 0 aliphatic carbocycles. The summed E-state index contributed by atoms with van der Waals surface area (Å²) < 4.78 is 0. The molecular weight excluding hydrogens is 322 g/mol. The largest absolute Gasteiger partial charge is 0.341 e. The van der Waals surface area contributed by atoms with Gasteiger partial charge in [-0.05, 0) is 61.9 Å². The maximum absolute atomic E-state index is 12.5. The van der Waals surface area contributed by atoms with Gasteiger partial charge in [0.05, 0.1) is 0 Å². The van der Waals surface area contributed by atoms with Crippen molar-refractivity contribution >= 4 is 5.91 Å². The number of aryl methyl sites for hydroxylation is 1. The average Bonchev–Trinajstić information content (AvgIpc) is 2.68. The lowest BCUT2D eigenvalue weighted by atomic mass is 9.96. The van der Waals surface area contributed by atoms with E-state index in [0.717, 1.165) is 31.6 Å². The molecule has 4 nitrogen and oxygen atoms in total. The Bertz CT molecular complexity index is 716. The SMILES string of the molecule is Cc1ccccc1CCN1CCC[C@H](CN(C)C(=O)c2ccncc2)C1. The van der Waals surface area contributed by atoms with Crippen LogP contribution in [0.25, 0.3) is 0 Å². The highest BCUT2D eigenvalue weighted by molar-refractivity contribution is 5.93. The second-order valence-electron chi connectivity index (χ2n) is 7.41. The number of aromatic nitrogens is 1. The Balaban J connectivity index is 1.50. The summed E-state index contributed by atoms with van der Waals surface area (Å²) in [5, 5.41) is 0. The van der Waals surface area contributed by atoms with Gasteiger partial charge in [-0.1, -0.05) is 24.3 Å². The van der Waals surface area contributed by atoms with Crippen molar-refractivity contribution in [2.24, 2.45) is 5.92 Å². The van der Waals surface area contributed by atoms with Crippen molar-refractivity contribution in [1.82, 2.24) is 14.8 Å². The molecule has 1 saturated heterocycles. The maximum atomic E-state index is 12.5. The third-order valence-electron chi connectivity index (χ3n) is 5.37. The lowest BCUT2D eigenvalue weighted by molar-refractivity contribution is 0.0730. The number of hydrogen-bond donors (Lipinski definition) is 0. The fourth-order valence-electron chi connectivity index (χ4n) is 3.86. The minimum Gasteiger partial charge on any atom is -0.341 e. The zero-order valence-electron chi connectivity index (χ0n) is 15.9. The minimum atomic E-state index is 0.0874. The first-order chi connectivity index (χ1) is 12.6. The van der Waals surface area contributed by atoms with E-state index in [4.69, 9.17) is 0 Å². The summed E-state index contributed by atoms with van der Waals surface area (Å²) in [5.41, 5.74) is 3.54. The smallest absolute Gasteiger partial charge is 0.253 e. The number of amides is 1. The predicted octanol–water partition coefficient (Wildman–Crippen LogP) is 3.42. The Hall–Kier alpha value is -2.20. The van der Waals surface area contributed by atoms with Crippen molar-refractivity contribution in [1.29, 1.82) is 0 Å². The average molecular weight is 351 g/mol. The third-order valence-corrected chi connectivity index (χ3v) is 5.37. The summed E-state index contributed by atoms with van der Waals surface area (Å²) in [6, 6.07) is 12.2. The van der Waals surface area contributed by atoms with Crippen LogP contribution in [-0.2, 0) is 6.42 Å². The van der Waals surface area contributed by atoms with E-state index >= 15 is 0 Å². The van der Waals surface area contributed by atoms with Crippen LogP contribution in [0.4, 0.5) is 0 Å². The molecule has 138 valence electrons. The Morgan fingerprint density at radius 3 is 2.77 bits per heavy atom. The van der Waals surface area contributed by atoms with Gasteiger partial charge in [0.1, 0.15) is 0 Å². The van der Waals surface area contributed by atoms with Crippen LogP contribution in [0.2, 0.25) is 0 Å². The quantitative estimate of drug-likeness (QED) is 0.800. The van der Waals surface area contributed by atoms with Crippen LogP contribution in [-0.4, -0.2) is 53.9 Å². The van der Waals surface area contributed by atoms with Gasteiger partial charge in [0.25, 0.3) is 5.91 Å². The van der Waals surface area contributed by atoms with Gasteiger partial charge < -0.3 is 9.80 Å².